The molecule has 0 saturated heterocycles. The fourth-order valence-corrected chi connectivity index (χ4v) is 2.45. The van der Waals surface area contributed by atoms with E-state index >= 15 is 0 Å². The van der Waals surface area contributed by atoms with Gasteiger partial charge in [-0.2, -0.15) is 0 Å². The van der Waals surface area contributed by atoms with Crippen molar-refractivity contribution in [2.45, 2.75) is 18.9 Å². The van der Waals surface area contributed by atoms with Crippen LogP contribution in [0.2, 0.25) is 0 Å². The number of hydrogen-bond acceptors (Lipinski definition) is 2. The first-order valence-corrected chi connectivity index (χ1v) is 7.03. The van der Waals surface area contributed by atoms with E-state index in [9.17, 15) is 0 Å². The van der Waals surface area contributed by atoms with E-state index in [1.54, 1.807) is 7.11 Å². The third-order valence-corrected chi connectivity index (χ3v) is 3.69. The zero-order chi connectivity index (χ0) is 14.4. The van der Waals surface area contributed by atoms with Gasteiger partial charge in [-0.15, -0.1) is 0 Å². The molecule has 0 radical (unpaired) electrons. The zero-order valence-corrected chi connectivity index (χ0v) is 12.5. The summed E-state index contributed by atoms with van der Waals surface area (Å²) in [6.07, 6.45) is 2.04. The van der Waals surface area contributed by atoms with Crippen molar-refractivity contribution >= 4 is 0 Å². The van der Waals surface area contributed by atoms with E-state index < -0.39 is 0 Å². The molecule has 0 unspecified atom stereocenters. The average molecular weight is 269 g/mol. The van der Waals surface area contributed by atoms with Gasteiger partial charge in [0, 0.05) is 6.04 Å². The monoisotopic (exact) mass is 269 g/mol. The largest absolute Gasteiger partial charge is 0.496 e. The highest BCUT2D eigenvalue weighted by Gasteiger charge is 2.15. The van der Waals surface area contributed by atoms with E-state index in [1.165, 1.54) is 11.1 Å². The molecule has 0 fully saturated rings. The first kappa shape index (κ1) is 14.6. The van der Waals surface area contributed by atoms with Crippen molar-refractivity contribution < 1.29 is 4.74 Å². The van der Waals surface area contributed by atoms with E-state index in [0.29, 0.717) is 6.04 Å². The summed E-state index contributed by atoms with van der Waals surface area (Å²) in [5, 5.41) is 0. The summed E-state index contributed by atoms with van der Waals surface area (Å²) < 4.78 is 5.46. The van der Waals surface area contributed by atoms with Crippen LogP contribution in [0, 0.1) is 0 Å². The Morgan fingerprint density at radius 3 is 2.20 bits per heavy atom. The molecule has 0 aliphatic carbocycles. The molecule has 1 atom stereocenters. The van der Waals surface area contributed by atoms with Crippen LogP contribution in [-0.2, 0) is 12.8 Å². The molecule has 0 bridgehead atoms. The summed E-state index contributed by atoms with van der Waals surface area (Å²) in [6.45, 7) is 0. The second kappa shape index (κ2) is 7.11. The fraction of sp³-hybridized carbons (Fsp3) is 0.333. The maximum Gasteiger partial charge on any atom is 0.122 e. The summed E-state index contributed by atoms with van der Waals surface area (Å²) in [4.78, 5) is 2.29. The van der Waals surface area contributed by atoms with Gasteiger partial charge in [0.25, 0.3) is 0 Å². The summed E-state index contributed by atoms with van der Waals surface area (Å²) in [5.41, 5.74) is 2.64. The maximum atomic E-state index is 5.46. The second-order valence-electron chi connectivity index (χ2n) is 5.32. The first-order valence-electron chi connectivity index (χ1n) is 7.03. The third kappa shape index (κ3) is 3.84. The number of hydrogen-bond donors (Lipinski definition) is 0. The Labute approximate surface area is 122 Å². The number of rotatable bonds is 6. The van der Waals surface area contributed by atoms with Gasteiger partial charge in [0.05, 0.1) is 7.11 Å². The molecule has 0 spiro atoms. The predicted molar refractivity (Wildman–Crippen MR) is 84.3 cm³/mol. The van der Waals surface area contributed by atoms with E-state index in [0.717, 1.165) is 18.6 Å². The van der Waals surface area contributed by atoms with Gasteiger partial charge in [0.15, 0.2) is 0 Å². The van der Waals surface area contributed by atoms with Crippen LogP contribution >= 0.6 is 0 Å². The Morgan fingerprint density at radius 2 is 1.55 bits per heavy atom. The van der Waals surface area contributed by atoms with Crippen LogP contribution in [0.15, 0.2) is 54.6 Å². The van der Waals surface area contributed by atoms with Crippen LogP contribution in [0.1, 0.15) is 11.1 Å². The first-order chi connectivity index (χ1) is 9.70. The lowest BCUT2D eigenvalue weighted by Gasteiger charge is -2.25. The SMILES string of the molecule is COc1ccccc1C[C@H](Cc1ccccc1)N(C)C. The van der Waals surface area contributed by atoms with E-state index in [-0.39, 0.29) is 0 Å². The van der Waals surface area contributed by atoms with Crippen LogP contribution in [0.4, 0.5) is 0 Å². The Balaban J connectivity index is 2.13. The molecule has 0 N–H and O–H groups in total. The molecule has 0 aromatic heterocycles. The number of nitrogens with zero attached hydrogens (tertiary/aromatic N) is 1. The number of benzene rings is 2. The third-order valence-electron chi connectivity index (χ3n) is 3.69. The molecule has 2 heteroatoms. The molecule has 106 valence electrons. The Kier molecular flexibility index (Phi) is 5.19. The molecule has 0 aliphatic rings. The van der Waals surface area contributed by atoms with Gasteiger partial charge in [-0.25, -0.2) is 0 Å². The second-order valence-corrected chi connectivity index (χ2v) is 5.32. The van der Waals surface area contributed by atoms with Crippen molar-refractivity contribution in [3.05, 3.63) is 65.7 Å². The quantitative estimate of drug-likeness (QED) is 0.797. The predicted octanol–water partition coefficient (Wildman–Crippen LogP) is 3.41. The lowest BCUT2D eigenvalue weighted by Crippen LogP contribution is -2.32. The van der Waals surface area contributed by atoms with Crippen LogP contribution in [0.25, 0.3) is 0 Å². The van der Waals surface area contributed by atoms with Crippen LogP contribution in [-0.4, -0.2) is 32.1 Å². The van der Waals surface area contributed by atoms with Gasteiger partial charge >= 0.3 is 0 Å². The smallest absolute Gasteiger partial charge is 0.122 e. The van der Waals surface area contributed by atoms with Gasteiger partial charge in [0.1, 0.15) is 5.75 Å². The van der Waals surface area contributed by atoms with Crippen molar-refractivity contribution in [1.29, 1.82) is 0 Å². The summed E-state index contributed by atoms with van der Waals surface area (Å²) in [5.74, 6) is 0.979. The molecule has 0 heterocycles. The summed E-state index contributed by atoms with van der Waals surface area (Å²) in [7, 11) is 6.02. The molecule has 0 aliphatic heterocycles. The molecule has 2 aromatic rings. The molecule has 0 amide bonds. The highest BCUT2D eigenvalue weighted by Crippen LogP contribution is 2.21. The highest BCUT2D eigenvalue weighted by molar-refractivity contribution is 5.34. The summed E-state index contributed by atoms with van der Waals surface area (Å²) >= 11 is 0. The van der Waals surface area contributed by atoms with Gasteiger partial charge in [-0.05, 0) is 44.1 Å². The number of likely N-dealkylation sites (N-methyl/N-ethyl adjacent to an activating group) is 1. The lowest BCUT2D eigenvalue weighted by molar-refractivity contribution is 0.286. The molecule has 2 rings (SSSR count). The van der Waals surface area contributed by atoms with E-state index in [4.69, 9.17) is 4.74 Å². The molecule has 2 nitrogen and oxygen atoms in total. The van der Waals surface area contributed by atoms with Crippen LogP contribution < -0.4 is 4.74 Å². The molecule has 20 heavy (non-hydrogen) atoms. The minimum Gasteiger partial charge on any atom is -0.496 e. The van der Waals surface area contributed by atoms with Crippen molar-refractivity contribution in [3.63, 3.8) is 0 Å². The van der Waals surface area contributed by atoms with Crippen molar-refractivity contribution in [2.24, 2.45) is 0 Å². The Hall–Kier alpha value is -1.80. The molecular formula is C18H23NO. The average Bonchev–Trinajstić information content (AvgIpc) is 2.48. The molecular weight excluding hydrogens is 246 g/mol. The van der Waals surface area contributed by atoms with Crippen molar-refractivity contribution in [3.8, 4) is 5.75 Å². The minimum atomic E-state index is 0.466. The highest BCUT2D eigenvalue weighted by atomic mass is 16.5. The normalized spacial score (nSPS) is 12.4. The van der Waals surface area contributed by atoms with E-state index in [2.05, 4.69) is 61.5 Å². The van der Waals surface area contributed by atoms with Crippen molar-refractivity contribution in [1.82, 2.24) is 4.90 Å². The van der Waals surface area contributed by atoms with Crippen LogP contribution in [0.3, 0.4) is 0 Å². The number of para-hydroxylation sites is 1. The number of ether oxygens (including phenoxy) is 1. The molecule has 2 aromatic carbocycles. The van der Waals surface area contributed by atoms with Crippen LogP contribution in [0.5, 0.6) is 5.75 Å². The minimum absolute atomic E-state index is 0.466. The van der Waals surface area contributed by atoms with Gasteiger partial charge in [0.2, 0.25) is 0 Å². The zero-order valence-electron chi connectivity index (χ0n) is 12.5. The summed E-state index contributed by atoms with van der Waals surface area (Å²) in [6, 6.07) is 19.4. The van der Waals surface area contributed by atoms with Gasteiger partial charge in [-0.1, -0.05) is 48.5 Å². The Bertz CT molecular complexity index is 522. The lowest BCUT2D eigenvalue weighted by atomic mass is 9.97. The molecule has 0 saturated carbocycles. The Morgan fingerprint density at radius 1 is 0.900 bits per heavy atom. The topological polar surface area (TPSA) is 12.5 Å². The van der Waals surface area contributed by atoms with Crippen molar-refractivity contribution in [2.75, 3.05) is 21.2 Å². The van der Waals surface area contributed by atoms with E-state index in [1.807, 2.05) is 12.1 Å². The van der Waals surface area contributed by atoms with Gasteiger partial charge < -0.3 is 9.64 Å². The van der Waals surface area contributed by atoms with Gasteiger partial charge in [-0.3, -0.25) is 0 Å². The standard InChI is InChI=1S/C18H23NO/c1-19(2)17(13-15-9-5-4-6-10-15)14-16-11-7-8-12-18(16)20-3/h4-12,17H,13-14H2,1-3H3/t17-/m0/s1. The maximum absolute atomic E-state index is 5.46. The fourth-order valence-electron chi connectivity index (χ4n) is 2.45. The number of methoxy groups -OCH3 is 1.